The molecule has 35 heavy (non-hydrogen) atoms. The summed E-state index contributed by atoms with van der Waals surface area (Å²) >= 11 is 11.5. The van der Waals surface area contributed by atoms with Crippen LogP contribution < -0.4 is 5.73 Å². The van der Waals surface area contributed by atoms with E-state index in [0.29, 0.717) is 0 Å². The number of halogens is 2. The third kappa shape index (κ3) is 5.72. The Morgan fingerprint density at radius 2 is 1.83 bits per heavy atom. The molecule has 1 aliphatic rings. The zero-order chi connectivity index (χ0) is 26.6. The minimum Gasteiger partial charge on any atom is -0.387 e. The number of aliphatic hydroxyl groups excluding tert-OH is 2. The number of nitrogen functional groups attached to an aromatic ring is 1. The Morgan fingerprint density at radius 3 is 2.40 bits per heavy atom. The molecule has 4 unspecified atom stereocenters. The van der Waals surface area contributed by atoms with Gasteiger partial charge < -0.3 is 40.3 Å². The number of alkyl halides is 2. The zero-order valence-electron chi connectivity index (χ0n) is 17.1. The molecule has 0 bridgehead atoms. The number of nitrogens with two attached hydrogens (primary N) is 1. The van der Waals surface area contributed by atoms with Crippen LogP contribution in [0.25, 0.3) is 11.2 Å². The van der Waals surface area contributed by atoms with Crippen LogP contribution >= 0.6 is 58.0 Å². The number of rotatable bonds is 9. The molecule has 1 saturated heterocycles. The molecule has 0 radical (unpaired) electrons. The second kappa shape index (κ2) is 10.1. The molecule has 3 heterocycles. The summed E-state index contributed by atoms with van der Waals surface area (Å²) in [5.41, 5.74) is 6.17. The van der Waals surface area contributed by atoms with Crippen LogP contribution in [0.3, 0.4) is 0 Å². The van der Waals surface area contributed by atoms with E-state index < -0.39 is 58.0 Å². The number of anilines is 1. The van der Waals surface area contributed by atoms with Gasteiger partial charge in [-0.3, -0.25) is 18.2 Å². The van der Waals surface area contributed by atoms with Gasteiger partial charge in [0.15, 0.2) is 22.8 Å². The van der Waals surface area contributed by atoms with Crippen molar-refractivity contribution in [1.82, 2.24) is 19.5 Å². The molecule has 6 atom stereocenters. The van der Waals surface area contributed by atoms with Crippen LogP contribution in [0.1, 0.15) is 6.23 Å². The topological polar surface area (TPSA) is 270 Å². The number of imidazole rings is 1. The molecule has 17 nitrogen and oxygen atoms in total. The molecular weight excluding hydrogens is 602 g/mol. The Labute approximate surface area is 209 Å². The number of phosphoric acid groups is 1. The van der Waals surface area contributed by atoms with E-state index >= 15 is 0 Å². The molecule has 2 aromatic heterocycles. The van der Waals surface area contributed by atoms with Crippen LogP contribution in [0.2, 0.25) is 0 Å². The van der Waals surface area contributed by atoms with E-state index in [2.05, 4.69) is 23.8 Å². The standard InChI is InChI=1S/C12H18Cl2N5O12P3S/c1-35-11-17-8(15)5-9(18-11)19(3-16-5)10-7(21)6(20)4(30-10)2-29-34(27,28)31-33(25,26)12(13,14)32(22,23)24/h3-4,6-7,10,20-21H,2H2,1H3,(H,25,26)(H,27,28)(H2,15,17,18)(H2,22,23,24)/t4?,6-,7-,10?/m1/s1. The largest absolute Gasteiger partial charge is 0.479 e. The van der Waals surface area contributed by atoms with E-state index in [0.717, 1.165) is 0 Å². The molecule has 0 aromatic carbocycles. The maximum atomic E-state index is 12.1. The average Bonchev–Trinajstić information content (AvgIpc) is 3.26. The first-order valence-electron chi connectivity index (χ1n) is 8.92. The maximum Gasteiger partial charge on any atom is 0.479 e. The molecule has 0 spiro atoms. The van der Waals surface area contributed by atoms with Gasteiger partial charge in [-0.2, -0.15) is 0 Å². The van der Waals surface area contributed by atoms with Gasteiger partial charge in [0, 0.05) is 0 Å². The molecule has 8 N–H and O–H groups in total. The van der Waals surface area contributed by atoms with Crippen molar-refractivity contribution in [2.24, 2.45) is 0 Å². The van der Waals surface area contributed by atoms with Gasteiger partial charge in [-0.15, -0.1) is 0 Å². The van der Waals surface area contributed by atoms with Crippen molar-refractivity contribution in [3.05, 3.63) is 6.33 Å². The minimum atomic E-state index is -5.88. The third-order valence-electron chi connectivity index (χ3n) is 4.53. The Balaban J connectivity index is 1.76. The van der Waals surface area contributed by atoms with Crippen molar-refractivity contribution in [2.45, 2.75) is 33.5 Å². The molecule has 198 valence electrons. The van der Waals surface area contributed by atoms with E-state index in [1.165, 1.54) is 22.7 Å². The summed E-state index contributed by atoms with van der Waals surface area (Å²) < 4.78 is 46.7. The van der Waals surface area contributed by atoms with Gasteiger partial charge in [0.05, 0.1) is 12.9 Å². The van der Waals surface area contributed by atoms with E-state index in [4.69, 9.17) is 43.5 Å². The molecule has 0 saturated carbocycles. The number of hydrogen-bond acceptors (Lipinski definition) is 13. The Bertz CT molecular complexity index is 1260. The molecule has 1 aliphatic heterocycles. The van der Waals surface area contributed by atoms with Gasteiger partial charge in [-0.25, -0.2) is 23.8 Å². The first-order chi connectivity index (χ1) is 15.9. The monoisotopic (exact) mass is 619 g/mol. The first-order valence-corrected chi connectivity index (χ1v) is 15.6. The summed E-state index contributed by atoms with van der Waals surface area (Å²) in [6.07, 6.45) is -3.29. The number of aliphatic hydroxyl groups is 2. The summed E-state index contributed by atoms with van der Waals surface area (Å²) in [5, 5.41) is 21.0. The van der Waals surface area contributed by atoms with Crippen molar-refractivity contribution < 1.29 is 57.1 Å². The smallest absolute Gasteiger partial charge is 0.387 e. The van der Waals surface area contributed by atoms with Gasteiger partial charge in [0.25, 0.3) is 0 Å². The highest BCUT2D eigenvalue weighted by atomic mass is 35.5. The summed E-state index contributed by atoms with van der Waals surface area (Å²) in [6.45, 7) is -1.00. The van der Waals surface area contributed by atoms with E-state index in [1.54, 1.807) is 6.26 Å². The highest BCUT2D eigenvalue weighted by Gasteiger charge is 2.62. The van der Waals surface area contributed by atoms with Crippen LogP contribution in [-0.4, -0.2) is 84.3 Å². The number of thioether (sulfide) groups is 1. The summed E-state index contributed by atoms with van der Waals surface area (Å²) in [5.74, 6) is 0.0442. The number of ether oxygens (including phenoxy) is 1. The molecule has 3 rings (SSSR count). The van der Waals surface area contributed by atoms with Gasteiger partial charge in [-0.05, 0) is 6.26 Å². The molecule has 0 amide bonds. The van der Waals surface area contributed by atoms with Crippen LogP contribution in [0, 0.1) is 0 Å². The maximum absolute atomic E-state index is 12.1. The van der Waals surface area contributed by atoms with Crippen molar-refractivity contribution in [3.8, 4) is 0 Å². The predicted molar refractivity (Wildman–Crippen MR) is 121 cm³/mol. The molecule has 23 heteroatoms. The first kappa shape index (κ1) is 29.2. The van der Waals surface area contributed by atoms with Crippen LogP contribution in [0.5, 0.6) is 0 Å². The SMILES string of the molecule is CSc1nc(N)c2ncn(C3OC(COP(=O)(O)OP(=O)(O)C(Cl)(Cl)P(=O)(O)O)[C@@H](O)[C@H]3O)c2n1. The fraction of sp³-hybridized carbons (Fsp3) is 0.583. The lowest BCUT2D eigenvalue weighted by molar-refractivity contribution is -0.0502. The van der Waals surface area contributed by atoms with Gasteiger partial charge in [0.2, 0.25) is 0 Å². The summed E-state index contributed by atoms with van der Waals surface area (Å²) in [7, 11) is -17.2. The minimum absolute atomic E-state index is 0.0442. The quantitative estimate of drug-likeness (QED) is 0.0861. The lowest BCUT2D eigenvalue weighted by atomic mass is 10.1. The molecular formula is C12H18Cl2N5O12P3S. The number of phosphoric ester groups is 1. The number of hydrogen-bond donors (Lipinski definition) is 7. The predicted octanol–water partition coefficient (Wildman–Crippen LogP) is 0.335. The van der Waals surface area contributed by atoms with E-state index in [9.17, 15) is 33.7 Å². The van der Waals surface area contributed by atoms with Gasteiger partial charge in [-0.1, -0.05) is 35.0 Å². The van der Waals surface area contributed by atoms with Crippen molar-refractivity contribution in [1.29, 1.82) is 0 Å². The Morgan fingerprint density at radius 1 is 1.20 bits per heavy atom. The average molecular weight is 620 g/mol. The highest BCUT2D eigenvalue weighted by Crippen LogP contribution is 2.79. The van der Waals surface area contributed by atoms with Gasteiger partial charge >= 0.3 is 26.8 Å². The molecule has 0 aliphatic carbocycles. The van der Waals surface area contributed by atoms with Crippen molar-refractivity contribution in [2.75, 3.05) is 18.6 Å². The second-order valence-electron chi connectivity index (χ2n) is 6.89. The number of fused-ring (bicyclic) bond motifs is 1. The lowest BCUT2D eigenvalue weighted by Gasteiger charge is -2.26. The normalized spacial score (nSPS) is 27.1. The fourth-order valence-corrected chi connectivity index (χ4v) is 7.44. The van der Waals surface area contributed by atoms with Crippen molar-refractivity contribution >= 4 is 75.0 Å². The van der Waals surface area contributed by atoms with Gasteiger partial charge in [0.1, 0.15) is 23.8 Å². The van der Waals surface area contributed by atoms with E-state index in [-0.39, 0.29) is 22.1 Å². The number of nitrogens with zero attached hydrogens (tertiary/aromatic N) is 4. The molecule has 2 aromatic rings. The lowest BCUT2D eigenvalue weighted by Crippen LogP contribution is -2.33. The van der Waals surface area contributed by atoms with Crippen LogP contribution in [0.15, 0.2) is 11.5 Å². The van der Waals surface area contributed by atoms with Crippen LogP contribution in [0.4, 0.5) is 5.82 Å². The number of aromatic nitrogens is 4. The molecule has 1 fully saturated rings. The van der Waals surface area contributed by atoms with Crippen LogP contribution in [-0.2, 0) is 27.3 Å². The van der Waals surface area contributed by atoms with E-state index in [1.807, 2.05) is 0 Å². The third-order valence-corrected chi connectivity index (χ3v) is 12.8. The fourth-order valence-electron chi connectivity index (χ4n) is 2.84. The highest BCUT2D eigenvalue weighted by molar-refractivity contribution is 7.98. The Hall–Kier alpha value is -0.390. The second-order valence-corrected chi connectivity index (χ2v) is 15.7. The summed E-state index contributed by atoms with van der Waals surface area (Å²) in [4.78, 5) is 49.7. The zero-order valence-corrected chi connectivity index (χ0v) is 22.1. The Kier molecular flexibility index (Phi) is 8.38. The van der Waals surface area contributed by atoms with Crippen molar-refractivity contribution in [3.63, 3.8) is 0 Å². The summed E-state index contributed by atoms with van der Waals surface area (Å²) in [6, 6.07) is 0.